The summed E-state index contributed by atoms with van der Waals surface area (Å²) in [6.45, 7) is 6.37. The lowest BCUT2D eigenvalue weighted by atomic mass is 10.2. The Morgan fingerprint density at radius 1 is 1.24 bits per heavy atom. The number of nitrogens with zero attached hydrogens (tertiary/aromatic N) is 2. The summed E-state index contributed by atoms with van der Waals surface area (Å²) in [5.74, 6) is 0.870. The van der Waals surface area contributed by atoms with Crippen molar-refractivity contribution < 1.29 is 0 Å². The SMILES string of the molecule is C=C(C)Cn1c(SCCc2ccccc2)nc2ccc(Br)cc2c1=O. The Morgan fingerprint density at radius 3 is 2.72 bits per heavy atom. The van der Waals surface area contributed by atoms with E-state index in [-0.39, 0.29) is 5.56 Å². The fourth-order valence-electron chi connectivity index (χ4n) is 2.60. The minimum absolute atomic E-state index is 0.0171. The summed E-state index contributed by atoms with van der Waals surface area (Å²) < 4.78 is 2.61. The summed E-state index contributed by atoms with van der Waals surface area (Å²) >= 11 is 5.05. The normalized spacial score (nSPS) is 11.0. The van der Waals surface area contributed by atoms with Crippen LogP contribution in [0.2, 0.25) is 0 Å². The van der Waals surface area contributed by atoms with Gasteiger partial charge in [0.2, 0.25) is 0 Å². The lowest BCUT2D eigenvalue weighted by Crippen LogP contribution is -2.24. The highest BCUT2D eigenvalue weighted by atomic mass is 79.9. The molecule has 1 heterocycles. The number of allylic oxidation sites excluding steroid dienone is 1. The van der Waals surface area contributed by atoms with Gasteiger partial charge in [0.15, 0.2) is 5.16 Å². The Morgan fingerprint density at radius 2 is 2.00 bits per heavy atom. The van der Waals surface area contributed by atoms with Gasteiger partial charge in [-0.1, -0.05) is 70.2 Å². The molecule has 25 heavy (non-hydrogen) atoms. The zero-order chi connectivity index (χ0) is 17.8. The third-order valence-corrected chi connectivity index (χ3v) is 5.25. The number of aromatic nitrogens is 2. The van der Waals surface area contributed by atoms with E-state index in [4.69, 9.17) is 4.98 Å². The van der Waals surface area contributed by atoms with Gasteiger partial charge < -0.3 is 0 Å². The zero-order valence-electron chi connectivity index (χ0n) is 14.0. The average Bonchev–Trinajstić information content (AvgIpc) is 2.59. The van der Waals surface area contributed by atoms with E-state index in [1.165, 1.54) is 5.56 Å². The maximum Gasteiger partial charge on any atom is 0.262 e. The number of fused-ring (bicyclic) bond motifs is 1. The van der Waals surface area contributed by atoms with Gasteiger partial charge in [-0.15, -0.1) is 0 Å². The molecule has 0 bridgehead atoms. The summed E-state index contributed by atoms with van der Waals surface area (Å²) in [6, 6.07) is 16.0. The monoisotopic (exact) mass is 414 g/mol. The van der Waals surface area contributed by atoms with Gasteiger partial charge in [-0.3, -0.25) is 9.36 Å². The van der Waals surface area contributed by atoms with Crippen molar-refractivity contribution in [2.75, 3.05) is 5.75 Å². The van der Waals surface area contributed by atoms with Crippen molar-refractivity contribution in [3.63, 3.8) is 0 Å². The fourth-order valence-corrected chi connectivity index (χ4v) is 3.94. The van der Waals surface area contributed by atoms with Gasteiger partial charge in [0.25, 0.3) is 5.56 Å². The number of hydrogen-bond acceptors (Lipinski definition) is 3. The molecule has 0 N–H and O–H groups in total. The first-order valence-corrected chi connectivity index (χ1v) is 9.83. The number of rotatable bonds is 6. The molecular formula is C20H19BrN2OS. The number of hydrogen-bond donors (Lipinski definition) is 0. The van der Waals surface area contributed by atoms with Crippen molar-refractivity contribution >= 4 is 38.6 Å². The summed E-state index contributed by atoms with van der Waals surface area (Å²) in [5.41, 5.74) is 2.93. The number of thioether (sulfide) groups is 1. The van der Waals surface area contributed by atoms with Crippen LogP contribution in [0.3, 0.4) is 0 Å². The van der Waals surface area contributed by atoms with E-state index in [9.17, 15) is 4.79 Å². The minimum Gasteiger partial charge on any atom is -0.283 e. The molecule has 3 rings (SSSR count). The van der Waals surface area contributed by atoms with E-state index in [0.717, 1.165) is 32.9 Å². The molecule has 1 aromatic heterocycles. The second-order valence-corrected chi connectivity index (χ2v) is 7.97. The van der Waals surface area contributed by atoms with Crippen LogP contribution in [0.5, 0.6) is 0 Å². The standard InChI is InChI=1S/C20H19BrN2OS/c1-14(2)13-23-19(24)17-12-16(21)8-9-18(17)22-20(23)25-11-10-15-6-4-3-5-7-15/h3-9,12H,1,10-11,13H2,2H3. The van der Waals surface area contributed by atoms with Crippen molar-refractivity contribution in [2.24, 2.45) is 0 Å². The predicted octanol–water partition coefficient (Wildman–Crippen LogP) is 5.07. The lowest BCUT2D eigenvalue weighted by molar-refractivity contribution is 0.651. The van der Waals surface area contributed by atoms with E-state index in [0.29, 0.717) is 11.9 Å². The zero-order valence-corrected chi connectivity index (χ0v) is 16.4. The molecule has 0 aliphatic rings. The summed E-state index contributed by atoms with van der Waals surface area (Å²) in [6.07, 6.45) is 0.937. The van der Waals surface area contributed by atoms with Crippen molar-refractivity contribution in [1.29, 1.82) is 0 Å². The fraction of sp³-hybridized carbons (Fsp3) is 0.200. The highest BCUT2D eigenvalue weighted by Gasteiger charge is 2.12. The van der Waals surface area contributed by atoms with E-state index < -0.39 is 0 Å². The van der Waals surface area contributed by atoms with Crippen LogP contribution in [0, 0.1) is 0 Å². The van der Waals surface area contributed by atoms with Crippen LogP contribution in [0.15, 0.2) is 75.1 Å². The molecule has 0 spiro atoms. The molecule has 0 amide bonds. The third kappa shape index (κ3) is 4.41. The van der Waals surface area contributed by atoms with Gasteiger partial charge in [-0.25, -0.2) is 4.98 Å². The summed E-state index contributed by atoms with van der Waals surface area (Å²) in [7, 11) is 0. The molecule has 0 aliphatic carbocycles. The molecular weight excluding hydrogens is 396 g/mol. The summed E-state index contributed by atoms with van der Waals surface area (Å²) in [4.78, 5) is 17.6. The molecule has 128 valence electrons. The van der Waals surface area contributed by atoms with Crippen molar-refractivity contribution in [3.05, 3.63) is 81.1 Å². The number of aryl methyl sites for hydroxylation is 1. The topological polar surface area (TPSA) is 34.9 Å². The van der Waals surface area contributed by atoms with Crippen LogP contribution in [-0.4, -0.2) is 15.3 Å². The minimum atomic E-state index is -0.0171. The first-order chi connectivity index (χ1) is 12.0. The smallest absolute Gasteiger partial charge is 0.262 e. The maximum absolute atomic E-state index is 12.9. The molecule has 0 unspecified atom stereocenters. The molecule has 0 aliphatic heterocycles. The number of halogens is 1. The van der Waals surface area contributed by atoms with Gasteiger partial charge in [0, 0.05) is 16.8 Å². The summed E-state index contributed by atoms with van der Waals surface area (Å²) in [5, 5.41) is 1.38. The first-order valence-electron chi connectivity index (χ1n) is 8.06. The number of benzene rings is 2. The Bertz CT molecular complexity index is 967. The van der Waals surface area contributed by atoms with Crippen LogP contribution in [0.4, 0.5) is 0 Å². The third-order valence-electron chi connectivity index (χ3n) is 3.77. The van der Waals surface area contributed by atoms with Crippen LogP contribution in [0.1, 0.15) is 12.5 Å². The van der Waals surface area contributed by atoms with Gasteiger partial charge in [-0.05, 0) is 37.1 Å². The van der Waals surface area contributed by atoms with E-state index in [1.54, 1.807) is 16.3 Å². The molecule has 2 aromatic carbocycles. The predicted molar refractivity (Wildman–Crippen MR) is 109 cm³/mol. The second-order valence-electron chi connectivity index (χ2n) is 5.99. The van der Waals surface area contributed by atoms with Crippen LogP contribution in [0.25, 0.3) is 10.9 Å². The van der Waals surface area contributed by atoms with E-state index in [1.807, 2.05) is 43.3 Å². The van der Waals surface area contributed by atoms with E-state index >= 15 is 0 Å². The van der Waals surface area contributed by atoms with Crippen LogP contribution in [-0.2, 0) is 13.0 Å². The Balaban J connectivity index is 1.93. The molecule has 3 aromatic rings. The quantitative estimate of drug-likeness (QED) is 0.320. The van der Waals surface area contributed by atoms with Gasteiger partial charge >= 0.3 is 0 Å². The van der Waals surface area contributed by atoms with E-state index in [2.05, 4.69) is 34.6 Å². The molecule has 0 saturated heterocycles. The molecule has 0 radical (unpaired) electrons. The van der Waals surface area contributed by atoms with Crippen LogP contribution >= 0.6 is 27.7 Å². The molecule has 0 atom stereocenters. The Hall–Kier alpha value is -1.85. The highest BCUT2D eigenvalue weighted by Crippen LogP contribution is 2.22. The Labute approximate surface area is 159 Å². The average molecular weight is 415 g/mol. The van der Waals surface area contributed by atoms with Gasteiger partial charge in [0.1, 0.15) is 0 Å². The largest absolute Gasteiger partial charge is 0.283 e. The van der Waals surface area contributed by atoms with Crippen molar-refractivity contribution in [2.45, 2.75) is 25.0 Å². The highest BCUT2D eigenvalue weighted by molar-refractivity contribution is 9.10. The molecule has 0 fully saturated rings. The lowest BCUT2D eigenvalue weighted by Gasteiger charge is -2.13. The van der Waals surface area contributed by atoms with Crippen LogP contribution < -0.4 is 5.56 Å². The van der Waals surface area contributed by atoms with Gasteiger partial charge in [0.05, 0.1) is 10.9 Å². The van der Waals surface area contributed by atoms with Gasteiger partial charge in [-0.2, -0.15) is 0 Å². The first kappa shape index (κ1) is 18.0. The Kier molecular flexibility index (Phi) is 5.76. The molecule has 3 nitrogen and oxygen atoms in total. The second kappa shape index (κ2) is 8.02. The molecule has 0 saturated carbocycles. The van der Waals surface area contributed by atoms with Crippen molar-refractivity contribution in [1.82, 2.24) is 9.55 Å². The van der Waals surface area contributed by atoms with Crippen molar-refractivity contribution in [3.8, 4) is 0 Å². The maximum atomic E-state index is 12.9. The molecule has 5 heteroatoms.